The number of rotatable bonds is 8. The number of aromatic amines is 1. The van der Waals surface area contributed by atoms with Gasteiger partial charge < -0.3 is 14.8 Å². The van der Waals surface area contributed by atoms with Crippen LogP contribution in [0.15, 0.2) is 28.0 Å². The first-order valence-corrected chi connectivity index (χ1v) is 6.91. The quantitative estimate of drug-likeness (QED) is 0.531. The topological polar surface area (TPSA) is 108 Å². The molecule has 0 fully saturated rings. The summed E-state index contributed by atoms with van der Waals surface area (Å²) in [7, 11) is -3.59. The molecule has 0 unspecified atom stereocenters. The summed E-state index contributed by atoms with van der Waals surface area (Å²) >= 11 is 0. The number of H-pyrrole nitrogens is 1. The van der Waals surface area contributed by atoms with Crippen LogP contribution >= 0.6 is 0 Å². The lowest BCUT2D eigenvalue weighted by Crippen LogP contribution is -2.26. The van der Waals surface area contributed by atoms with Gasteiger partial charge in [-0.1, -0.05) is 0 Å². The van der Waals surface area contributed by atoms with Crippen LogP contribution in [0.3, 0.4) is 0 Å². The fraction of sp³-hybridized carbons (Fsp3) is 0.500. The van der Waals surface area contributed by atoms with Crippen LogP contribution in [0, 0.1) is 0 Å². The van der Waals surface area contributed by atoms with Gasteiger partial charge in [0.25, 0.3) is 0 Å². The number of nitrogens with one attached hydrogen (secondary N) is 2. The molecule has 0 amide bonds. The van der Waals surface area contributed by atoms with Crippen LogP contribution in [0.4, 0.5) is 0 Å². The first-order valence-electron chi connectivity index (χ1n) is 5.43. The maximum absolute atomic E-state index is 11.7. The molecule has 0 aromatic carbocycles. The summed E-state index contributed by atoms with van der Waals surface area (Å²) in [4.78, 5) is 13.1. The van der Waals surface area contributed by atoms with Gasteiger partial charge >= 0.3 is 0 Å². The molecule has 0 aliphatic carbocycles. The summed E-state index contributed by atoms with van der Waals surface area (Å²) in [6.45, 7) is 0.789. The Labute approximate surface area is 105 Å². The van der Waals surface area contributed by atoms with E-state index < -0.39 is 10.0 Å². The molecule has 1 aromatic heterocycles. The molecular formula is C10H16N2O5S. The van der Waals surface area contributed by atoms with E-state index in [1.165, 1.54) is 6.07 Å². The van der Waals surface area contributed by atoms with E-state index in [1.54, 1.807) is 0 Å². The molecule has 1 aromatic rings. The van der Waals surface area contributed by atoms with E-state index >= 15 is 0 Å². The first-order chi connectivity index (χ1) is 8.56. The zero-order valence-corrected chi connectivity index (χ0v) is 10.6. The standard InChI is InChI=1S/C10H16N2O5S/c13-5-7-17-6-1-4-12-18(15,16)9-2-3-10(14)11-8-9/h2-3,8,12-13H,1,4-7H2,(H,11,14). The van der Waals surface area contributed by atoms with E-state index in [0.717, 1.165) is 12.3 Å². The Morgan fingerprint density at radius 3 is 2.72 bits per heavy atom. The molecule has 0 saturated heterocycles. The fourth-order valence-electron chi connectivity index (χ4n) is 1.19. The van der Waals surface area contributed by atoms with Crippen LogP contribution in [-0.4, -0.2) is 44.9 Å². The maximum atomic E-state index is 11.7. The van der Waals surface area contributed by atoms with Crippen LogP contribution in [0.2, 0.25) is 0 Å². The van der Waals surface area contributed by atoms with E-state index in [9.17, 15) is 13.2 Å². The van der Waals surface area contributed by atoms with Crippen molar-refractivity contribution in [3.8, 4) is 0 Å². The van der Waals surface area contributed by atoms with Crippen molar-refractivity contribution in [2.45, 2.75) is 11.3 Å². The van der Waals surface area contributed by atoms with Crippen molar-refractivity contribution in [2.24, 2.45) is 0 Å². The highest BCUT2D eigenvalue weighted by Gasteiger charge is 2.12. The Balaban J connectivity index is 2.41. The van der Waals surface area contributed by atoms with Crippen LogP contribution < -0.4 is 10.3 Å². The van der Waals surface area contributed by atoms with E-state index in [1.807, 2.05) is 0 Å². The zero-order valence-electron chi connectivity index (χ0n) is 9.76. The predicted molar refractivity (Wildman–Crippen MR) is 64.8 cm³/mol. The number of sulfonamides is 1. The van der Waals surface area contributed by atoms with Gasteiger partial charge in [-0.25, -0.2) is 13.1 Å². The summed E-state index contributed by atoms with van der Waals surface area (Å²) < 4.78 is 30.8. The van der Waals surface area contributed by atoms with Crippen molar-refractivity contribution in [3.05, 3.63) is 28.7 Å². The van der Waals surface area contributed by atoms with Crippen molar-refractivity contribution in [2.75, 3.05) is 26.4 Å². The minimum absolute atomic E-state index is 0.0124. The van der Waals surface area contributed by atoms with Crippen LogP contribution in [0.5, 0.6) is 0 Å². The molecule has 8 heteroatoms. The monoisotopic (exact) mass is 276 g/mol. The molecule has 1 rings (SSSR count). The number of pyridine rings is 1. The van der Waals surface area contributed by atoms with Gasteiger partial charge in [0.15, 0.2) is 0 Å². The molecule has 0 bridgehead atoms. The van der Waals surface area contributed by atoms with Gasteiger partial charge in [0.05, 0.1) is 18.1 Å². The van der Waals surface area contributed by atoms with Crippen LogP contribution in [-0.2, 0) is 14.8 Å². The van der Waals surface area contributed by atoms with E-state index in [2.05, 4.69) is 9.71 Å². The molecular weight excluding hydrogens is 260 g/mol. The summed E-state index contributed by atoms with van der Waals surface area (Å²) in [6, 6.07) is 2.39. The molecule has 0 atom stereocenters. The van der Waals surface area contributed by atoms with E-state index in [4.69, 9.17) is 9.84 Å². The first kappa shape index (κ1) is 14.8. The van der Waals surface area contributed by atoms with Gasteiger partial charge in [0.1, 0.15) is 0 Å². The van der Waals surface area contributed by atoms with Gasteiger partial charge in [-0.3, -0.25) is 4.79 Å². The van der Waals surface area contributed by atoms with Gasteiger partial charge in [0, 0.05) is 25.4 Å². The van der Waals surface area contributed by atoms with Crippen LogP contribution in [0.1, 0.15) is 6.42 Å². The third-order valence-electron chi connectivity index (χ3n) is 2.06. The van der Waals surface area contributed by atoms with Crippen molar-refractivity contribution >= 4 is 10.0 Å². The molecule has 3 N–H and O–H groups in total. The molecule has 0 aliphatic heterocycles. The Kier molecular flexibility index (Phi) is 5.99. The second-order valence-corrected chi connectivity index (χ2v) is 5.24. The number of hydrogen-bond acceptors (Lipinski definition) is 5. The summed E-state index contributed by atoms with van der Waals surface area (Å²) in [5.41, 5.74) is -0.355. The Bertz CT molecular complexity index is 491. The fourth-order valence-corrected chi connectivity index (χ4v) is 2.24. The minimum atomic E-state index is -3.59. The third kappa shape index (κ3) is 4.96. The molecule has 18 heavy (non-hydrogen) atoms. The number of hydrogen-bond donors (Lipinski definition) is 3. The van der Waals surface area contributed by atoms with Gasteiger partial charge in [-0.05, 0) is 12.5 Å². The maximum Gasteiger partial charge on any atom is 0.247 e. The van der Waals surface area contributed by atoms with E-state index in [0.29, 0.717) is 13.0 Å². The van der Waals surface area contributed by atoms with Crippen molar-refractivity contribution in [1.29, 1.82) is 0 Å². The third-order valence-corrected chi connectivity index (χ3v) is 3.52. The number of aromatic nitrogens is 1. The second-order valence-electron chi connectivity index (χ2n) is 3.48. The SMILES string of the molecule is O=c1ccc(S(=O)(=O)NCCCOCCO)c[nH]1. The normalized spacial score (nSPS) is 11.6. The molecule has 0 saturated carbocycles. The lowest BCUT2D eigenvalue weighted by Gasteiger charge is -2.06. The average molecular weight is 276 g/mol. The number of aliphatic hydroxyl groups excluding tert-OH is 1. The molecule has 7 nitrogen and oxygen atoms in total. The predicted octanol–water partition coefficient (Wildman–Crippen LogP) is -0.948. The summed E-state index contributed by atoms with van der Waals surface area (Å²) in [5, 5.41) is 8.46. The molecule has 0 radical (unpaired) electrons. The largest absolute Gasteiger partial charge is 0.394 e. The zero-order chi connectivity index (χ0) is 13.4. The highest BCUT2D eigenvalue weighted by Crippen LogP contribution is 2.03. The molecule has 0 spiro atoms. The van der Waals surface area contributed by atoms with Gasteiger partial charge in [-0.15, -0.1) is 0 Å². The van der Waals surface area contributed by atoms with Crippen LogP contribution in [0.25, 0.3) is 0 Å². The number of aliphatic hydroxyl groups is 1. The smallest absolute Gasteiger partial charge is 0.247 e. The van der Waals surface area contributed by atoms with Gasteiger partial charge in [-0.2, -0.15) is 0 Å². The lowest BCUT2D eigenvalue weighted by atomic mass is 10.5. The molecule has 1 heterocycles. The van der Waals surface area contributed by atoms with Crippen molar-refractivity contribution in [1.82, 2.24) is 9.71 Å². The molecule has 102 valence electrons. The Morgan fingerprint density at radius 1 is 1.33 bits per heavy atom. The Morgan fingerprint density at radius 2 is 2.11 bits per heavy atom. The average Bonchev–Trinajstić information content (AvgIpc) is 2.34. The molecule has 0 aliphatic rings. The summed E-state index contributed by atoms with van der Waals surface area (Å²) in [6.07, 6.45) is 1.65. The summed E-state index contributed by atoms with van der Waals surface area (Å²) in [5.74, 6) is 0. The second kappa shape index (κ2) is 7.27. The highest BCUT2D eigenvalue weighted by atomic mass is 32.2. The van der Waals surface area contributed by atoms with Gasteiger partial charge in [0.2, 0.25) is 15.6 Å². The highest BCUT2D eigenvalue weighted by molar-refractivity contribution is 7.89. The van der Waals surface area contributed by atoms with Crippen molar-refractivity contribution in [3.63, 3.8) is 0 Å². The number of ether oxygens (including phenoxy) is 1. The lowest BCUT2D eigenvalue weighted by molar-refractivity contribution is 0.0913. The Hall–Kier alpha value is -1.22. The van der Waals surface area contributed by atoms with Crippen molar-refractivity contribution < 1.29 is 18.3 Å². The van der Waals surface area contributed by atoms with E-state index in [-0.39, 0.29) is 30.2 Å². The minimum Gasteiger partial charge on any atom is -0.394 e.